The van der Waals surface area contributed by atoms with E-state index in [2.05, 4.69) is 5.32 Å². The zero-order valence-corrected chi connectivity index (χ0v) is 18.1. The molecule has 154 valence electrons. The molecule has 0 heterocycles. The number of carbonyl (C=O) groups is 1. The topological polar surface area (TPSA) is 66.5 Å². The van der Waals surface area contributed by atoms with Crippen LogP contribution in [0.15, 0.2) is 47.4 Å². The van der Waals surface area contributed by atoms with E-state index in [0.717, 1.165) is 17.9 Å². The van der Waals surface area contributed by atoms with Crippen LogP contribution in [0.2, 0.25) is 5.02 Å². The Morgan fingerprint density at radius 1 is 1.10 bits per heavy atom. The van der Waals surface area contributed by atoms with Gasteiger partial charge in [0, 0.05) is 13.1 Å². The Bertz CT molecular complexity index is 1040. The molecule has 29 heavy (non-hydrogen) atoms. The van der Waals surface area contributed by atoms with Crippen molar-refractivity contribution in [3.63, 3.8) is 0 Å². The van der Waals surface area contributed by atoms with Gasteiger partial charge in [-0.25, -0.2) is 8.42 Å². The van der Waals surface area contributed by atoms with Crippen molar-refractivity contribution in [3.8, 4) is 0 Å². The van der Waals surface area contributed by atoms with Crippen LogP contribution >= 0.6 is 11.6 Å². The third kappa shape index (κ3) is 3.88. The van der Waals surface area contributed by atoms with Crippen molar-refractivity contribution in [2.45, 2.75) is 43.5 Å². The zero-order chi connectivity index (χ0) is 20.8. The quantitative estimate of drug-likeness (QED) is 0.761. The van der Waals surface area contributed by atoms with Crippen molar-refractivity contribution >= 4 is 33.2 Å². The van der Waals surface area contributed by atoms with Crippen LogP contribution in [0.4, 0.5) is 5.69 Å². The van der Waals surface area contributed by atoms with Gasteiger partial charge in [-0.2, -0.15) is 0 Å². The molecule has 2 fully saturated rings. The van der Waals surface area contributed by atoms with Gasteiger partial charge in [0.05, 0.1) is 21.2 Å². The van der Waals surface area contributed by atoms with E-state index in [-0.39, 0.29) is 21.9 Å². The molecule has 2 aromatic carbocycles. The van der Waals surface area contributed by atoms with Crippen molar-refractivity contribution in [3.05, 3.63) is 58.6 Å². The van der Waals surface area contributed by atoms with Gasteiger partial charge in [0.1, 0.15) is 0 Å². The second-order valence-corrected chi connectivity index (χ2v) is 10.6. The molecular weight excluding hydrogens is 408 g/mol. The molecule has 1 N–H and O–H groups in total. The number of carbonyl (C=O) groups excluding carboxylic acids is 1. The summed E-state index contributed by atoms with van der Waals surface area (Å²) in [4.78, 5) is 12.9. The maximum absolute atomic E-state index is 12.9. The zero-order valence-electron chi connectivity index (χ0n) is 16.6. The minimum absolute atomic E-state index is 0.192. The molecule has 2 unspecified atom stereocenters. The van der Waals surface area contributed by atoms with E-state index in [1.807, 2.05) is 6.92 Å². The number of rotatable bonds is 5. The average Bonchev–Trinajstić information content (AvgIpc) is 3.30. The summed E-state index contributed by atoms with van der Waals surface area (Å²) < 4.78 is 26.9. The summed E-state index contributed by atoms with van der Waals surface area (Å²) in [5.41, 5.74) is 1.77. The second kappa shape index (κ2) is 7.65. The maximum atomic E-state index is 12.9. The standard InChI is InChI=1S/C22H25ClN2O3S/c1-14-3-8-18(9-4-14)29(27,28)25(2)17-7-10-19(20(23)13-17)22(26)24-21-12-15-5-6-16(21)11-15/h3-4,7-10,13,15-16,21H,5-6,11-12H2,1-2H3,(H,24,26)/t15?,16?,21-/m1/s1. The lowest BCUT2D eigenvalue weighted by atomic mass is 9.95. The molecule has 2 bridgehead atoms. The lowest BCUT2D eigenvalue weighted by molar-refractivity contribution is 0.0923. The molecular formula is C22H25ClN2O3S. The van der Waals surface area contributed by atoms with E-state index >= 15 is 0 Å². The predicted molar refractivity (Wildman–Crippen MR) is 115 cm³/mol. The maximum Gasteiger partial charge on any atom is 0.264 e. The highest BCUT2D eigenvalue weighted by Gasteiger charge is 2.40. The van der Waals surface area contributed by atoms with E-state index in [4.69, 9.17) is 11.6 Å². The van der Waals surface area contributed by atoms with Crippen LogP contribution in [0.5, 0.6) is 0 Å². The highest BCUT2D eigenvalue weighted by Crippen LogP contribution is 2.44. The molecule has 2 aliphatic carbocycles. The number of aryl methyl sites for hydroxylation is 1. The Labute approximate surface area is 177 Å². The Hall–Kier alpha value is -2.05. The lowest BCUT2D eigenvalue weighted by Crippen LogP contribution is -2.38. The number of halogens is 1. The summed E-state index contributed by atoms with van der Waals surface area (Å²) in [6, 6.07) is 11.7. The first-order chi connectivity index (χ1) is 13.8. The summed E-state index contributed by atoms with van der Waals surface area (Å²) in [6.45, 7) is 1.90. The molecule has 0 saturated heterocycles. The summed E-state index contributed by atoms with van der Waals surface area (Å²) >= 11 is 6.37. The van der Waals surface area contributed by atoms with Crippen LogP contribution in [0.1, 0.15) is 41.6 Å². The summed E-state index contributed by atoms with van der Waals surface area (Å²) in [5, 5.41) is 3.37. The highest BCUT2D eigenvalue weighted by molar-refractivity contribution is 7.92. The molecule has 1 amide bonds. The van der Waals surface area contributed by atoms with Gasteiger partial charge in [0.15, 0.2) is 0 Å². The van der Waals surface area contributed by atoms with Gasteiger partial charge >= 0.3 is 0 Å². The molecule has 7 heteroatoms. The van der Waals surface area contributed by atoms with Gasteiger partial charge in [0.2, 0.25) is 0 Å². The van der Waals surface area contributed by atoms with E-state index < -0.39 is 10.0 Å². The lowest BCUT2D eigenvalue weighted by Gasteiger charge is -2.23. The number of nitrogens with zero attached hydrogens (tertiary/aromatic N) is 1. The van der Waals surface area contributed by atoms with Crippen molar-refractivity contribution < 1.29 is 13.2 Å². The second-order valence-electron chi connectivity index (χ2n) is 8.20. The first kappa shape index (κ1) is 20.2. The van der Waals surface area contributed by atoms with Crippen molar-refractivity contribution in [1.82, 2.24) is 5.32 Å². The number of benzene rings is 2. The molecule has 2 aliphatic rings. The fraction of sp³-hybridized carbons (Fsp3) is 0.409. The number of hydrogen-bond donors (Lipinski definition) is 1. The van der Waals surface area contributed by atoms with Gasteiger partial charge in [0.25, 0.3) is 15.9 Å². The highest BCUT2D eigenvalue weighted by atomic mass is 35.5. The Kier molecular flexibility index (Phi) is 5.34. The molecule has 5 nitrogen and oxygen atoms in total. The van der Waals surface area contributed by atoms with E-state index in [9.17, 15) is 13.2 Å². The smallest absolute Gasteiger partial charge is 0.264 e. The molecule has 2 saturated carbocycles. The number of nitrogens with one attached hydrogen (secondary N) is 1. The van der Waals surface area contributed by atoms with E-state index in [1.165, 1.54) is 36.7 Å². The predicted octanol–water partition coefficient (Wildman–Crippen LogP) is 4.39. The third-order valence-electron chi connectivity index (χ3n) is 6.29. The minimum Gasteiger partial charge on any atom is -0.349 e. The summed E-state index contributed by atoms with van der Waals surface area (Å²) in [7, 11) is -2.23. The van der Waals surface area contributed by atoms with Crippen LogP contribution in [0.25, 0.3) is 0 Å². The molecule has 3 atom stereocenters. The van der Waals surface area contributed by atoms with Crippen molar-refractivity contribution in [1.29, 1.82) is 0 Å². The first-order valence-electron chi connectivity index (χ1n) is 9.91. The monoisotopic (exact) mass is 432 g/mol. The van der Waals surface area contributed by atoms with Crippen molar-refractivity contribution in [2.75, 3.05) is 11.4 Å². The fourth-order valence-corrected chi connectivity index (χ4v) is 6.01. The summed E-state index contributed by atoms with van der Waals surface area (Å²) in [6.07, 6.45) is 4.71. The summed E-state index contributed by atoms with van der Waals surface area (Å²) in [5.74, 6) is 1.12. The van der Waals surface area contributed by atoms with Gasteiger partial charge in [-0.1, -0.05) is 35.7 Å². The van der Waals surface area contributed by atoms with E-state index in [0.29, 0.717) is 17.2 Å². The third-order valence-corrected chi connectivity index (χ3v) is 8.41. The SMILES string of the molecule is Cc1ccc(S(=O)(=O)N(C)c2ccc(C(=O)N[C@@H]3CC4CCC3C4)c(Cl)c2)cc1. The Balaban J connectivity index is 1.52. The number of fused-ring (bicyclic) bond motifs is 2. The Morgan fingerprint density at radius 3 is 2.41 bits per heavy atom. The van der Waals surface area contributed by atoms with Crippen molar-refractivity contribution in [2.24, 2.45) is 11.8 Å². The van der Waals surface area contributed by atoms with Crippen LogP contribution in [-0.2, 0) is 10.0 Å². The minimum atomic E-state index is -3.71. The Morgan fingerprint density at radius 2 is 1.83 bits per heavy atom. The molecule has 2 aromatic rings. The van der Waals surface area contributed by atoms with Gasteiger partial charge in [-0.3, -0.25) is 9.10 Å². The van der Waals surface area contributed by atoms with Crippen LogP contribution < -0.4 is 9.62 Å². The van der Waals surface area contributed by atoms with Gasteiger partial charge in [-0.15, -0.1) is 0 Å². The molecule has 0 aromatic heterocycles. The van der Waals surface area contributed by atoms with Crippen LogP contribution in [-0.4, -0.2) is 27.4 Å². The number of hydrogen-bond acceptors (Lipinski definition) is 3. The van der Waals surface area contributed by atoms with Gasteiger partial charge < -0.3 is 5.32 Å². The largest absolute Gasteiger partial charge is 0.349 e. The normalized spacial score (nSPS) is 23.2. The van der Waals surface area contributed by atoms with E-state index in [1.54, 1.807) is 36.4 Å². The molecule has 0 aliphatic heterocycles. The average molecular weight is 433 g/mol. The molecule has 4 rings (SSSR count). The molecule has 0 radical (unpaired) electrons. The number of sulfonamides is 1. The number of anilines is 1. The fourth-order valence-electron chi connectivity index (χ4n) is 4.56. The molecule has 0 spiro atoms. The number of amides is 1. The first-order valence-corrected chi connectivity index (χ1v) is 11.7. The van der Waals surface area contributed by atoms with Gasteiger partial charge in [-0.05, 0) is 68.4 Å². The van der Waals surface area contributed by atoms with Crippen LogP contribution in [0.3, 0.4) is 0 Å². The van der Waals surface area contributed by atoms with Crippen LogP contribution in [0, 0.1) is 18.8 Å².